The summed E-state index contributed by atoms with van der Waals surface area (Å²) < 4.78 is 0. The lowest BCUT2D eigenvalue weighted by Gasteiger charge is -2.30. The molecule has 0 aromatic carbocycles. The first kappa shape index (κ1) is 18.7. The lowest BCUT2D eigenvalue weighted by Crippen LogP contribution is -2.40. The fraction of sp³-hybridized carbons (Fsp3) is 0.350. The van der Waals surface area contributed by atoms with Gasteiger partial charge in [0.1, 0.15) is 23.2 Å². The van der Waals surface area contributed by atoms with Gasteiger partial charge < -0.3 is 20.9 Å². The molecule has 3 N–H and O–H groups in total. The lowest BCUT2D eigenvalue weighted by molar-refractivity contribution is -0.126. The second-order valence-electron chi connectivity index (χ2n) is 6.88. The first-order chi connectivity index (χ1) is 13.0. The molecule has 2 heterocycles. The second-order valence-corrected chi connectivity index (χ2v) is 6.88. The quantitative estimate of drug-likeness (QED) is 0.836. The minimum atomic E-state index is -0.0604. The summed E-state index contributed by atoms with van der Waals surface area (Å²) in [6.45, 7) is 4.00. The van der Waals surface area contributed by atoms with Crippen LogP contribution in [0.2, 0.25) is 0 Å². The molecule has 2 aliphatic rings. The van der Waals surface area contributed by atoms with Gasteiger partial charge in [0.25, 0.3) is 5.91 Å². The molecule has 7 nitrogen and oxygen atoms in total. The van der Waals surface area contributed by atoms with E-state index in [9.17, 15) is 4.79 Å². The summed E-state index contributed by atoms with van der Waals surface area (Å²) in [6, 6.07) is 5.81. The predicted molar refractivity (Wildman–Crippen MR) is 108 cm³/mol. The first-order valence-electron chi connectivity index (χ1n) is 9.11. The Bertz CT molecular complexity index is 803. The number of amides is 1. The van der Waals surface area contributed by atoms with Crippen LogP contribution in [0.4, 0.5) is 5.82 Å². The molecule has 0 saturated heterocycles. The molecule has 1 saturated carbocycles. The van der Waals surface area contributed by atoms with Crippen molar-refractivity contribution in [1.29, 1.82) is 0 Å². The van der Waals surface area contributed by atoms with E-state index in [1.54, 1.807) is 25.2 Å². The molecule has 27 heavy (non-hydrogen) atoms. The molecule has 0 unspecified atom stereocenters. The highest BCUT2D eigenvalue weighted by molar-refractivity contribution is 6.12. The summed E-state index contributed by atoms with van der Waals surface area (Å²) in [5.74, 6) is 1.70. The summed E-state index contributed by atoms with van der Waals surface area (Å²) in [5.41, 5.74) is 7.17. The number of nitrogens with one attached hydrogen (secondary N) is 1. The largest absolute Gasteiger partial charge is 0.404 e. The maximum atomic E-state index is 12.7. The summed E-state index contributed by atoms with van der Waals surface area (Å²) in [6.07, 6.45) is 9.34. The zero-order valence-corrected chi connectivity index (χ0v) is 15.9. The van der Waals surface area contributed by atoms with Crippen LogP contribution in [0.5, 0.6) is 0 Å². The van der Waals surface area contributed by atoms with Crippen molar-refractivity contribution in [2.45, 2.75) is 31.7 Å². The third-order valence-corrected chi connectivity index (χ3v) is 4.71. The summed E-state index contributed by atoms with van der Waals surface area (Å²) in [5, 5.41) is 3.09. The third-order valence-electron chi connectivity index (χ3n) is 4.71. The molecule has 1 aromatic heterocycles. The van der Waals surface area contributed by atoms with E-state index in [0.717, 1.165) is 31.3 Å². The molecular formula is C20H26N6O. The van der Waals surface area contributed by atoms with E-state index in [4.69, 9.17) is 5.73 Å². The molecule has 1 aliphatic heterocycles. The van der Waals surface area contributed by atoms with Crippen LogP contribution < -0.4 is 11.1 Å². The zero-order chi connectivity index (χ0) is 19.4. The van der Waals surface area contributed by atoms with Crippen LogP contribution in [-0.2, 0) is 4.79 Å². The number of hydrogen-bond acceptors (Lipinski definition) is 5. The molecule has 7 heteroatoms. The molecule has 142 valence electrons. The second kappa shape index (κ2) is 8.07. The number of anilines is 1. The van der Waals surface area contributed by atoms with Gasteiger partial charge >= 0.3 is 0 Å². The average Bonchev–Trinajstić information content (AvgIpc) is 3.29. The fourth-order valence-corrected chi connectivity index (χ4v) is 3.44. The number of nitrogens with zero attached hydrogens (tertiary/aromatic N) is 4. The van der Waals surface area contributed by atoms with Crippen LogP contribution in [0.15, 0.2) is 65.3 Å². The number of likely N-dealkylation sites (N-methyl/N-ethyl adjacent to an activating group) is 1. The van der Waals surface area contributed by atoms with Crippen molar-refractivity contribution in [2.24, 2.45) is 10.7 Å². The lowest BCUT2D eigenvalue weighted by atomic mass is 10.2. The van der Waals surface area contributed by atoms with Crippen LogP contribution in [0.3, 0.4) is 0 Å². The molecule has 0 bridgehead atoms. The highest BCUT2D eigenvalue weighted by atomic mass is 16.2. The van der Waals surface area contributed by atoms with E-state index in [0.29, 0.717) is 23.2 Å². The molecule has 1 aliphatic carbocycles. The minimum Gasteiger partial charge on any atom is -0.404 e. The third kappa shape index (κ3) is 4.02. The normalized spacial score (nSPS) is 20.2. The van der Waals surface area contributed by atoms with E-state index in [1.165, 1.54) is 6.20 Å². The Morgan fingerprint density at radius 1 is 1.41 bits per heavy atom. The van der Waals surface area contributed by atoms with E-state index >= 15 is 0 Å². The molecule has 3 rings (SSSR count). The number of carbonyl (C=O) groups excluding carboxylic acids is 1. The molecule has 1 amide bonds. The van der Waals surface area contributed by atoms with Gasteiger partial charge in [0, 0.05) is 38.1 Å². The highest BCUT2D eigenvalue weighted by Gasteiger charge is 2.37. The van der Waals surface area contributed by atoms with Gasteiger partial charge in [-0.3, -0.25) is 4.79 Å². The molecular weight excluding hydrogens is 340 g/mol. The Morgan fingerprint density at radius 2 is 2.15 bits per heavy atom. The van der Waals surface area contributed by atoms with Gasteiger partial charge in [-0.15, -0.1) is 0 Å². The SMILES string of the molecule is C=C(/N=C1\C(=C/N)C=C(C(=O)N(C)C)N1C1CCCC1)Nc1ccccn1. The smallest absolute Gasteiger partial charge is 0.270 e. The summed E-state index contributed by atoms with van der Waals surface area (Å²) in [4.78, 5) is 25.2. The van der Waals surface area contributed by atoms with Crippen molar-refractivity contribution in [3.63, 3.8) is 0 Å². The first-order valence-corrected chi connectivity index (χ1v) is 9.11. The van der Waals surface area contributed by atoms with Gasteiger partial charge in [-0.2, -0.15) is 0 Å². The van der Waals surface area contributed by atoms with Crippen molar-refractivity contribution < 1.29 is 4.79 Å². The van der Waals surface area contributed by atoms with Crippen molar-refractivity contribution in [3.8, 4) is 0 Å². The summed E-state index contributed by atoms with van der Waals surface area (Å²) in [7, 11) is 3.50. The molecule has 0 atom stereocenters. The van der Waals surface area contributed by atoms with Gasteiger partial charge in [-0.1, -0.05) is 25.5 Å². The number of amidine groups is 1. The van der Waals surface area contributed by atoms with Crippen LogP contribution >= 0.6 is 0 Å². The van der Waals surface area contributed by atoms with Crippen LogP contribution in [0.1, 0.15) is 25.7 Å². The van der Waals surface area contributed by atoms with Gasteiger partial charge in [-0.25, -0.2) is 9.98 Å². The zero-order valence-electron chi connectivity index (χ0n) is 15.9. The van der Waals surface area contributed by atoms with Crippen LogP contribution in [-0.4, -0.2) is 46.7 Å². The van der Waals surface area contributed by atoms with E-state index < -0.39 is 0 Å². The Balaban J connectivity index is 1.93. The van der Waals surface area contributed by atoms with Crippen molar-refractivity contribution >= 4 is 17.6 Å². The number of carbonyl (C=O) groups is 1. The Morgan fingerprint density at radius 3 is 2.74 bits per heavy atom. The number of aliphatic imine (C=N–C) groups is 1. The summed E-state index contributed by atoms with van der Waals surface area (Å²) >= 11 is 0. The van der Waals surface area contributed by atoms with Gasteiger partial charge in [0.05, 0.1) is 0 Å². The Labute approximate surface area is 160 Å². The average molecular weight is 366 g/mol. The monoisotopic (exact) mass is 366 g/mol. The Kier molecular flexibility index (Phi) is 5.59. The number of aromatic nitrogens is 1. The van der Waals surface area contributed by atoms with E-state index in [2.05, 4.69) is 21.9 Å². The predicted octanol–water partition coefficient (Wildman–Crippen LogP) is 2.44. The Hall–Kier alpha value is -3.09. The van der Waals surface area contributed by atoms with E-state index in [-0.39, 0.29) is 11.9 Å². The maximum absolute atomic E-state index is 12.7. The molecule has 1 fully saturated rings. The molecule has 0 spiro atoms. The molecule has 1 aromatic rings. The van der Waals surface area contributed by atoms with Crippen LogP contribution in [0.25, 0.3) is 0 Å². The van der Waals surface area contributed by atoms with Gasteiger partial charge in [0.15, 0.2) is 0 Å². The topological polar surface area (TPSA) is 86.8 Å². The van der Waals surface area contributed by atoms with Crippen molar-refractivity contribution in [3.05, 3.63) is 60.3 Å². The minimum absolute atomic E-state index is 0.0604. The maximum Gasteiger partial charge on any atom is 0.270 e. The fourth-order valence-electron chi connectivity index (χ4n) is 3.44. The van der Waals surface area contributed by atoms with Crippen LogP contribution in [0, 0.1) is 0 Å². The van der Waals surface area contributed by atoms with Gasteiger partial charge in [0.2, 0.25) is 0 Å². The van der Waals surface area contributed by atoms with Gasteiger partial charge in [-0.05, 0) is 31.1 Å². The standard InChI is InChI=1S/C20H26N6O/c1-14(23-18-10-6-7-11-22-18)24-19-15(13-21)12-17(20(27)25(2)3)26(19)16-8-4-5-9-16/h6-7,10-13,16H,1,4-5,8-9,21H2,2-3H3,(H,22,23)/b15-13-,24-19+. The number of hydrogen-bond donors (Lipinski definition) is 2. The van der Waals surface area contributed by atoms with Crippen molar-refractivity contribution in [1.82, 2.24) is 14.8 Å². The number of nitrogens with two attached hydrogens (primary N) is 1. The number of rotatable bonds is 5. The number of pyridine rings is 1. The van der Waals surface area contributed by atoms with E-state index in [1.807, 2.05) is 29.2 Å². The highest BCUT2D eigenvalue weighted by Crippen LogP contribution is 2.33. The van der Waals surface area contributed by atoms with Crippen molar-refractivity contribution in [2.75, 3.05) is 19.4 Å². The molecule has 0 radical (unpaired) electrons.